The van der Waals surface area contributed by atoms with Gasteiger partial charge in [-0.2, -0.15) is 0 Å². The quantitative estimate of drug-likeness (QED) is 0.0750. The molecule has 368 valence electrons. The molecular weight excluding hydrogens is 927 g/mol. The van der Waals surface area contributed by atoms with Crippen molar-refractivity contribution >= 4 is 47.1 Å². The number of aliphatic hydroxyl groups excluding tert-OH is 4. The first kappa shape index (κ1) is 53.7. The Bertz CT molecular complexity index is 2310. The molecule has 2 aliphatic rings. The van der Waals surface area contributed by atoms with E-state index in [4.69, 9.17) is 61.1 Å². The third kappa shape index (κ3) is 14.6. The molecule has 6 rings (SSSR count). The van der Waals surface area contributed by atoms with Gasteiger partial charge in [0, 0.05) is 37.7 Å². The van der Waals surface area contributed by atoms with Crippen molar-refractivity contribution in [2.45, 2.75) is 115 Å². The van der Waals surface area contributed by atoms with Gasteiger partial charge in [-0.25, -0.2) is 0 Å². The molecular formula is C50H58Cl2O16. The minimum atomic E-state index is -1.42. The van der Waals surface area contributed by atoms with E-state index in [9.17, 15) is 39.6 Å². The number of halogens is 2. The molecule has 10 atom stereocenters. The molecule has 4 aromatic rings. The van der Waals surface area contributed by atoms with Crippen molar-refractivity contribution in [2.75, 3.05) is 26.4 Å². The number of carbonyl (C=O) groups is 4. The summed E-state index contributed by atoms with van der Waals surface area (Å²) in [4.78, 5) is 47.8. The molecule has 68 heavy (non-hydrogen) atoms. The number of hydrogen-bond acceptors (Lipinski definition) is 16. The average molecular weight is 986 g/mol. The van der Waals surface area contributed by atoms with Crippen molar-refractivity contribution in [2.24, 2.45) is 0 Å². The highest BCUT2D eigenvalue weighted by Gasteiger charge is 2.52. The van der Waals surface area contributed by atoms with E-state index in [1.165, 1.54) is 27.7 Å². The Kier molecular flexibility index (Phi) is 20.0. The number of rotatable bonds is 16. The summed E-state index contributed by atoms with van der Waals surface area (Å²) in [5.41, 5.74) is 4.78. The molecule has 18 heteroatoms. The Hall–Kier alpha value is -5.30. The van der Waals surface area contributed by atoms with Gasteiger partial charge in [0.05, 0.1) is 19.8 Å². The average Bonchev–Trinajstić information content (AvgIpc) is 3.29. The molecule has 0 saturated carbocycles. The molecule has 16 nitrogen and oxygen atoms in total. The van der Waals surface area contributed by atoms with E-state index >= 15 is 0 Å². The van der Waals surface area contributed by atoms with E-state index in [2.05, 4.69) is 0 Å². The Morgan fingerprint density at radius 3 is 1.43 bits per heavy atom. The first-order chi connectivity index (χ1) is 32.4. The molecule has 2 aliphatic heterocycles. The highest BCUT2D eigenvalue weighted by molar-refractivity contribution is 6.31. The van der Waals surface area contributed by atoms with E-state index in [-0.39, 0.29) is 6.61 Å². The number of carbonyl (C=O) groups excluding carboxylic acids is 4. The van der Waals surface area contributed by atoms with Crippen LogP contribution in [0.5, 0.6) is 11.5 Å². The van der Waals surface area contributed by atoms with Gasteiger partial charge in [-0.05, 0) is 96.5 Å². The summed E-state index contributed by atoms with van der Waals surface area (Å²) in [7, 11) is 0. The molecule has 2 fully saturated rings. The predicted octanol–water partition coefficient (Wildman–Crippen LogP) is 5.97. The summed E-state index contributed by atoms with van der Waals surface area (Å²) in [6.45, 7) is 9.01. The summed E-state index contributed by atoms with van der Waals surface area (Å²) in [6, 6.07) is 25.7. The lowest BCUT2D eigenvalue weighted by Gasteiger charge is -2.44. The van der Waals surface area contributed by atoms with Gasteiger partial charge < -0.3 is 58.3 Å². The van der Waals surface area contributed by atoms with Crippen molar-refractivity contribution in [1.82, 2.24) is 0 Å². The summed E-state index contributed by atoms with van der Waals surface area (Å²) in [5.74, 6) is -1.09. The molecule has 0 unspecified atom stereocenters. The minimum Gasteiger partial charge on any atom is -0.494 e. The lowest BCUT2D eigenvalue weighted by atomic mass is 9.89. The molecule has 4 aromatic carbocycles. The van der Waals surface area contributed by atoms with E-state index in [1.807, 2.05) is 68.4 Å². The Balaban J connectivity index is 0.000000270. The van der Waals surface area contributed by atoms with Crippen molar-refractivity contribution in [3.63, 3.8) is 0 Å². The largest absolute Gasteiger partial charge is 0.494 e. The van der Waals surface area contributed by atoms with E-state index in [0.29, 0.717) is 47.2 Å². The van der Waals surface area contributed by atoms with Gasteiger partial charge in [0.15, 0.2) is 18.3 Å². The Morgan fingerprint density at radius 1 is 0.544 bits per heavy atom. The molecule has 0 aliphatic carbocycles. The first-order valence-electron chi connectivity index (χ1n) is 22.0. The standard InChI is InChI=1S/C29H33ClO10.C21H25ClO6/c1-6-35-23-10-7-20(8-11-23)13-22-14-21(9-12-24(22)30)26-28(38-18(4)33)29(39-19(5)34)27(37-17(3)32)25(40-26)15-36-16(2)31;1-2-27-15-6-3-12(4-7-15)9-14-10-13(5-8-16(14)22)21-20(26)19(25)18(24)17(11-23)28-21/h7-12,14,25-29H,6,13,15H2,1-5H3;3-8,10,17-21,23-26H,2,9,11H2,1H3/t25-,26+,27-,28+,29+;17-,18-,19+,20-,21+/m11/s1. The van der Waals surface area contributed by atoms with Crippen LogP contribution in [0, 0.1) is 0 Å². The van der Waals surface area contributed by atoms with Crippen molar-refractivity contribution < 1.29 is 77.5 Å². The molecule has 0 bridgehead atoms. The monoisotopic (exact) mass is 984 g/mol. The third-order valence-corrected chi connectivity index (χ3v) is 11.7. The van der Waals surface area contributed by atoms with Crippen LogP contribution in [0.15, 0.2) is 84.9 Å². The maximum atomic E-state index is 12.2. The van der Waals surface area contributed by atoms with Gasteiger partial charge in [-0.15, -0.1) is 0 Å². The van der Waals surface area contributed by atoms with Crippen LogP contribution in [0.25, 0.3) is 0 Å². The maximum absolute atomic E-state index is 12.2. The van der Waals surface area contributed by atoms with E-state index < -0.39 is 91.5 Å². The lowest BCUT2D eigenvalue weighted by Crippen LogP contribution is -2.59. The van der Waals surface area contributed by atoms with Crippen molar-refractivity contribution in [1.29, 1.82) is 0 Å². The molecule has 2 saturated heterocycles. The van der Waals surface area contributed by atoms with Crippen molar-refractivity contribution in [3.05, 3.63) is 128 Å². The Labute approximate surface area is 404 Å². The number of esters is 4. The molecule has 0 radical (unpaired) electrons. The van der Waals surface area contributed by atoms with Crippen molar-refractivity contribution in [3.8, 4) is 11.5 Å². The summed E-state index contributed by atoms with van der Waals surface area (Å²) < 4.78 is 44.6. The molecule has 4 N–H and O–H groups in total. The fraction of sp³-hybridized carbons (Fsp3) is 0.440. The summed E-state index contributed by atoms with van der Waals surface area (Å²) >= 11 is 12.9. The number of hydrogen-bond donors (Lipinski definition) is 4. The second kappa shape index (κ2) is 25.3. The first-order valence-corrected chi connectivity index (χ1v) is 22.8. The van der Waals surface area contributed by atoms with Crippen LogP contribution in [0.1, 0.15) is 87.1 Å². The second-order valence-corrected chi connectivity index (χ2v) is 16.9. The lowest BCUT2D eigenvalue weighted by molar-refractivity contribution is -0.254. The molecule has 2 heterocycles. The normalized spacial score (nSPS) is 24.4. The second-order valence-electron chi connectivity index (χ2n) is 16.1. The van der Waals surface area contributed by atoms with Crippen LogP contribution in [0.4, 0.5) is 0 Å². The molecule has 0 aromatic heterocycles. The van der Waals surface area contributed by atoms with Gasteiger partial charge in [0.1, 0.15) is 60.8 Å². The number of benzene rings is 4. The summed E-state index contributed by atoms with van der Waals surface area (Å²) in [5, 5.41) is 40.8. The summed E-state index contributed by atoms with van der Waals surface area (Å²) in [6.07, 6.45) is -10.6. The smallest absolute Gasteiger partial charge is 0.303 e. The fourth-order valence-corrected chi connectivity index (χ4v) is 8.24. The van der Waals surface area contributed by atoms with E-state index in [0.717, 1.165) is 33.8 Å². The van der Waals surface area contributed by atoms with Gasteiger partial charge in [-0.1, -0.05) is 71.7 Å². The molecule has 0 spiro atoms. The SMILES string of the molecule is CCOc1ccc(Cc2cc([C@@H]3O[C@H](CO)[C@@H](O)[C@H](O)[C@H]3O)ccc2Cl)cc1.CCOc1ccc(Cc2cc([C@@H]3O[C@H](COC(C)=O)[C@@H](OC(C)=O)[C@H](OC(C)=O)[C@H]3OC(C)=O)ccc2Cl)cc1. The maximum Gasteiger partial charge on any atom is 0.303 e. The van der Waals surface area contributed by atoms with Crippen LogP contribution in [-0.2, 0) is 60.4 Å². The van der Waals surface area contributed by atoms with Gasteiger partial charge in [-0.3, -0.25) is 19.2 Å². The van der Waals surface area contributed by atoms with Crippen LogP contribution < -0.4 is 9.47 Å². The number of aliphatic hydroxyl groups is 4. The molecule has 0 amide bonds. The van der Waals surface area contributed by atoms with Crippen LogP contribution >= 0.6 is 23.2 Å². The van der Waals surface area contributed by atoms with Crippen LogP contribution in [-0.4, -0.2) is 120 Å². The Morgan fingerprint density at radius 2 is 0.985 bits per heavy atom. The number of ether oxygens (including phenoxy) is 8. The topological polar surface area (TPSA) is 223 Å². The van der Waals surface area contributed by atoms with Gasteiger partial charge >= 0.3 is 23.9 Å². The predicted molar refractivity (Wildman–Crippen MR) is 247 cm³/mol. The zero-order chi connectivity index (χ0) is 49.7. The van der Waals surface area contributed by atoms with E-state index in [1.54, 1.807) is 30.3 Å². The fourth-order valence-electron chi connectivity index (χ4n) is 7.87. The third-order valence-electron chi connectivity index (χ3n) is 10.9. The van der Waals surface area contributed by atoms with Gasteiger partial charge in [0.25, 0.3) is 0 Å². The zero-order valence-electron chi connectivity index (χ0n) is 38.5. The highest BCUT2D eigenvalue weighted by atomic mass is 35.5. The van der Waals surface area contributed by atoms with Crippen LogP contribution in [0.3, 0.4) is 0 Å². The van der Waals surface area contributed by atoms with Gasteiger partial charge in [0.2, 0.25) is 0 Å². The highest BCUT2D eigenvalue weighted by Crippen LogP contribution is 2.39. The minimum absolute atomic E-state index is 0.305. The van der Waals surface area contributed by atoms with Crippen LogP contribution in [0.2, 0.25) is 10.0 Å². The zero-order valence-corrected chi connectivity index (χ0v) is 40.1.